The van der Waals surface area contributed by atoms with Gasteiger partial charge in [0.2, 0.25) is 0 Å². The molecule has 0 aromatic heterocycles. The van der Waals surface area contributed by atoms with Gasteiger partial charge in [-0.3, -0.25) is 0 Å². The minimum Gasteiger partial charge on any atom is -0.461 e. The second-order valence-corrected chi connectivity index (χ2v) is 9.71. The van der Waals surface area contributed by atoms with Crippen molar-refractivity contribution >= 4 is 18.2 Å². The molecule has 0 aromatic rings. The molecule has 9 heteroatoms. The van der Waals surface area contributed by atoms with E-state index in [1.54, 1.807) is 48.5 Å². The number of esters is 1. The highest BCUT2D eigenvalue weighted by Gasteiger charge is 2.42. The van der Waals surface area contributed by atoms with Gasteiger partial charge in [-0.05, 0) is 54.9 Å². The number of hydrogen-bond acceptors (Lipinski definition) is 8. The second kappa shape index (κ2) is 11.7. The van der Waals surface area contributed by atoms with Crippen molar-refractivity contribution in [3.8, 4) is 0 Å². The zero-order chi connectivity index (χ0) is 23.8. The van der Waals surface area contributed by atoms with Gasteiger partial charge in [-0.25, -0.2) is 14.4 Å². The fourth-order valence-electron chi connectivity index (χ4n) is 2.78. The zero-order valence-electron chi connectivity index (χ0n) is 20.2. The molecule has 1 aliphatic heterocycles. The predicted molar refractivity (Wildman–Crippen MR) is 114 cm³/mol. The van der Waals surface area contributed by atoms with Crippen LogP contribution in [0.2, 0.25) is 0 Å². The van der Waals surface area contributed by atoms with Gasteiger partial charge in [0.25, 0.3) is 0 Å². The van der Waals surface area contributed by atoms with Gasteiger partial charge in [0, 0.05) is 13.0 Å². The molecule has 1 aliphatic rings. The van der Waals surface area contributed by atoms with Gasteiger partial charge in [-0.2, -0.15) is 4.90 Å². The minimum atomic E-state index is -1.35. The summed E-state index contributed by atoms with van der Waals surface area (Å²) < 4.78 is 27.7. The van der Waals surface area contributed by atoms with Crippen LogP contribution in [0.15, 0.2) is 0 Å². The summed E-state index contributed by atoms with van der Waals surface area (Å²) in [6, 6.07) is -1.35. The first-order chi connectivity index (χ1) is 14.2. The van der Waals surface area contributed by atoms with Gasteiger partial charge in [0.1, 0.15) is 17.3 Å². The Bertz CT molecular complexity index is 580. The summed E-state index contributed by atoms with van der Waals surface area (Å²) in [7, 11) is 0. The van der Waals surface area contributed by atoms with Crippen LogP contribution in [-0.4, -0.2) is 72.3 Å². The summed E-state index contributed by atoms with van der Waals surface area (Å²) in [5.41, 5.74) is -1.77. The number of nitrogens with zero attached hydrogens (tertiary/aromatic N) is 1. The molecule has 0 bridgehead atoms. The molecule has 3 atom stereocenters. The molecule has 1 heterocycles. The quantitative estimate of drug-likeness (QED) is 0.355. The van der Waals surface area contributed by atoms with E-state index >= 15 is 0 Å². The lowest BCUT2D eigenvalue weighted by Crippen LogP contribution is -2.54. The molecule has 1 fully saturated rings. The van der Waals surface area contributed by atoms with E-state index in [1.165, 1.54) is 0 Å². The van der Waals surface area contributed by atoms with Gasteiger partial charge in [0.05, 0.1) is 19.3 Å². The Labute approximate surface area is 185 Å². The van der Waals surface area contributed by atoms with Crippen LogP contribution < -0.4 is 0 Å². The molecule has 1 saturated heterocycles. The average Bonchev–Trinajstić information content (AvgIpc) is 2.62. The van der Waals surface area contributed by atoms with E-state index < -0.39 is 41.5 Å². The van der Waals surface area contributed by atoms with Gasteiger partial charge in [-0.15, -0.1) is 0 Å². The van der Waals surface area contributed by atoms with Crippen molar-refractivity contribution < 1.29 is 38.1 Å². The lowest BCUT2D eigenvalue weighted by atomic mass is 10.2. The number of ether oxygens (including phenoxy) is 5. The summed E-state index contributed by atoms with van der Waals surface area (Å²) in [5.74, 6) is -0.765. The van der Waals surface area contributed by atoms with Crippen molar-refractivity contribution in [2.45, 2.75) is 104 Å². The molecule has 2 amide bonds. The largest absolute Gasteiger partial charge is 0.461 e. The smallest absolute Gasteiger partial charge is 0.420 e. The second-order valence-electron chi connectivity index (χ2n) is 9.71. The van der Waals surface area contributed by atoms with Crippen LogP contribution in [0, 0.1) is 0 Å². The van der Waals surface area contributed by atoms with Crippen LogP contribution in [-0.2, 0) is 28.5 Å². The number of carbonyl (C=O) groups is 3. The normalized spacial score (nSPS) is 23.1. The van der Waals surface area contributed by atoms with Crippen LogP contribution in [0.5, 0.6) is 0 Å². The maximum absolute atomic E-state index is 12.9. The highest BCUT2D eigenvalue weighted by molar-refractivity contribution is 5.94. The van der Waals surface area contributed by atoms with Crippen LogP contribution in [0.25, 0.3) is 0 Å². The van der Waals surface area contributed by atoms with Crippen molar-refractivity contribution in [2.75, 3.05) is 19.8 Å². The van der Waals surface area contributed by atoms with Gasteiger partial charge < -0.3 is 23.7 Å². The summed E-state index contributed by atoms with van der Waals surface area (Å²) in [6.45, 7) is 14.3. The average molecular weight is 446 g/mol. The number of unbranched alkanes of at least 4 members (excludes halogenated alkanes) is 1. The number of hydrogen-bond donors (Lipinski definition) is 0. The third-order valence-electron chi connectivity index (χ3n) is 4.11. The molecule has 0 saturated carbocycles. The van der Waals surface area contributed by atoms with E-state index in [0.717, 1.165) is 12.8 Å². The number of carbonyl (C=O) groups excluding carboxylic acids is 3. The molecule has 180 valence electrons. The van der Waals surface area contributed by atoms with Gasteiger partial charge in [-0.1, -0.05) is 13.3 Å². The number of cyclic esters (lactones) is 1. The first-order valence-electron chi connectivity index (χ1n) is 10.9. The highest BCUT2D eigenvalue weighted by Crippen LogP contribution is 2.20. The van der Waals surface area contributed by atoms with Crippen molar-refractivity contribution in [1.29, 1.82) is 0 Å². The summed E-state index contributed by atoms with van der Waals surface area (Å²) in [5, 5.41) is 0. The third kappa shape index (κ3) is 10.3. The summed E-state index contributed by atoms with van der Waals surface area (Å²) in [6.07, 6.45) is -0.391. The SMILES string of the molecule is CCCCOC1COC[C@H](N(C(=O)OC(C)(C)C)C(=O)OC(C)(C)C)C(=O)O[C@@H](C)C1. The monoisotopic (exact) mass is 445 g/mol. The Hall–Kier alpha value is -1.87. The van der Waals surface area contributed by atoms with E-state index in [-0.39, 0.29) is 19.3 Å². The van der Waals surface area contributed by atoms with Crippen molar-refractivity contribution in [1.82, 2.24) is 4.90 Å². The fourth-order valence-corrected chi connectivity index (χ4v) is 2.78. The minimum absolute atomic E-state index is 0.206. The first-order valence-corrected chi connectivity index (χ1v) is 10.9. The fraction of sp³-hybridized carbons (Fsp3) is 0.864. The molecule has 0 N–H and O–H groups in total. The zero-order valence-corrected chi connectivity index (χ0v) is 20.2. The Kier molecular flexibility index (Phi) is 10.2. The van der Waals surface area contributed by atoms with Crippen molar-refractivity contribution in [2.24, 2.45) is 0 Å². The number of amides is 2. The van der Waals surface area contributed by atoms with E-state index in [0.29, 0.717) is 17.9 Å². The Balaban J connectivity index is 3.09. The predicted octanol–water partition coefficient (Wildman–Crippen LogP) is 4.06. The van der Waals surface area contributed by atoms with Crippen LogP contribution in [0.1, 0.15) is 74.7 Å². The van der Waals surface area contributed by atoms with E-state index in [1.807, 2.05) is 0 Å². The Morgan fingerprint density at radius 1 is 1.03 bits per heavy atom. The Morgan fingerprint density at radius 3 is 2.06 bits per heavy atom. The lowest BCUT2D eigenvalue weighted by Gasteiger charge is -2.32. The highest BCUT2D eigenvalue weighted by atomic mass is 16.6. The van der Waals surface area contributed by atoms with Crippen LogP contribution >= 0.6 is 0 Å². The Morgan fingerprint density at radius 2 is 1.58 bits per heavy atom. The summed E-state index contributed by atoms with van der Waals surface area (Å²) >= 11 is 0. The van der Waals surface area contributed by atoms with Crippen LogP contribution in [0.4, 0.5) is 9.59 Å². The summed E-state index contributed by atoms with van der Waals surface area (Å²) in [4.78, 5) is 39.2. The molecule has 31 heavy (non-hydrogen) atoms. The lowest BCUT2D eigenvalue weighted by molar-refractivity contribution is -0.156. The van der Waals surface area contributed by atoms with E-state index in [9.17, 15) is 14.4 Å². The molecular weight excluding hydrogens is 406 g/mol. The van der Waals surface area contributed by atoms with E-state index in [2.05, 4.69) is 6.92 Å². The maximum Gasteiger partial charge on any atom is 0.420 e. The molecule has 0 aromatic carbocycles. The van der Waals surface area contributed by atoms with Crippen molar-refractivity contribution in [3.05, 3.63) is 0 Å². The topological polar surface area (TPSA) is 101 Å². The van der Waals surface area contributed by atoms with Gasteiger partial charge >= 0.3 is 18.2 Å². The maximum atomic E-state index is 12.9. The van der Waals surface area contributed by atoms with E-state index in [4.69, 9.17) is 23.7 Å². The molecule has 1 unspecified atom stereocenters. The standard InChI is InChI=1S/C22H39NO8/c1-9-10-11-28-16-12-15(2)29-18(24)17(14-27-13-16)23(19(25)30-21(3,4)5)20(26)31-22(6,7)8/h15-17H,9-14H2,1-8H3/t15-,16?,17-/m0/s1. The molecule has 0 radical (unpaired) electrons. The molecule has 9 nitrogen and oxygen atoms in total. The number of rotatable bonds is 5. The van der Waals surface area contributed by atoms with Crippen LogP contribution in [0.3, 0.4) is 0 Å². The molecular formula is C22H39NO8. The molecule has 0 spiro atoms. The molecule has 1 rings (SSSR count). The number of imide groups is 1. The molecule has 0 aliphatic carbocycles. The first kappa shape index (κ1) is 27.2. The van der Waals surface area contributed by atoms with Gasteiger partial charge in [0.15, 0.2) is 6.04 Å². The van der Waals surface area contributed by atoms with Crippen molar-refractivity contribution in [3.63, 3.8) is 0 Å². The third-order valence-corrected chi connectivity index (χ3v) is 4.11.